The van der Waals surface area contributed by atoms with E-state index in [1.807, 2.05) is 6.92 Å². The van der Waals surface area contributed by atoms with Crippen LogP contribution in [0.5, 0.6) is 0 Å². The Morgan fingerprint density at radius 3 is 2.06 bits per heavy atom. The maximum atomic E-state index is 15.0. The Morgan fingerprint density at radius 2 is 1.48 bits per heavy atom. The van der Waals surface area contributed by atoms with Crippen LogP contribution in [0.1, 0.15) is 137 Å². The highest BCUT2D eigenvalue weighted by Crippen LogP contribution is 2.65. The van der Waals surface area contributed by atoms with E-state index >= 15 is 0 Å². The molecule has 54 heavy (non-hydrogen) atoms. The van der Waals surface area contributed by atoms with Gasteiger partial charge in [0.1, 0.15) is 12.1 Å². The summed E-state index contributed by atoms with van der Waals surface area (Å²) in [6.07, 6.45) is 12.4. The number of ketones is 1. The van der Waals surface area contributed by atoms with Gasteiger partial charge in [-0.2, -0.15) is 0 Å². The summed E-state index contributed by atoms with van der Waals surface area (Å²) in [6, 6.07) is -3.43. The first-order chi connectivity index (χ1) is 25.3. The Morgan fingerprint density at radius 1 is 0.870 bits per heavy atom. The summed E-state index contributed by atoms with van der Waals surface area (Å²) >= 11 is 0. The third-order valence-electron chi connectivity index (χ3n) is 14.2. The van der Waals surface area contributed by atoms with Crippen molar-refractivity contribution in [2.24, 2.45) is 28.6 Å². The largest absolute Gasteiger partial charge is 0.395 e. The number of sulfone groups is 1. The van der Waals surface area contributed by atoms with E-state index in [4.69, 9.17) is 0 Å². The Kier molecular flexibility index (Phi) is 11.6. The number of Topliss-reactive ketones (excluding diaryl/α,β-unsaturated/α-hetero) is 1. The average Bonchev–Trinajstić information content (AvgIpc) is 4.08. The number of likely N-dealkylation sites (tertiary alicyclic amines) is 1. The van der Waals surface area contributed by atoms with E-state index < -0.39 is 73.9 Å². The Labute approximate surface area is 321 Å². The third kappa shape index (κ3) is 8.64. The predicted molar refractivity (Wildman–Crippen MR) is 204 cm³/mol. The number of rotatable bonds is 16. The van der Waals surface area contributed by atoms with Crippen LogP contribution < -0.4 is 21.3 Å². The standard InChI is InChI=1S/C40H65N5O8S/c1-37(2,23-46)54(52,53)24-40(20-10-7-11-21-40)44-36(51)43-32(39(5)18-8-6-9-19-39)35(50)45-22-27-29(38(27,3)4)30(45)33(48)42-28(17-14-25-12-13-25)31(47)34(49)41-26-15-16-26/h25-30,32,46H,6-24H2,1-5H3,(H,41,49)(H,42,48)(H2,43,44,51)/t27-,28?,29-,30-,32+/m0/s1. The lowest BCUT2D eigenvalue weighted by Gasteiger charge is -2.44. The van der Waals surface area contributed by atoms with E-state index in [-0.39, 0.29) is 35.0 Å². The zero-order valence-electron chi connectivity index (χ0n) is 33.1. The van der Waals surface area contributed by atoms with E-state index in [2.05, 4.69) is 35.1 Å². The molecule has 14 heteroatoms. The Hall–Kier alpha value is -2.74. The van der Waals surface area contributed by atoms with Crippen LogP contribution in [0.25, 0.3) is 0 Å². The van der Waals surface area contributed by atoms with Gasteiger partial charge in [0.15, 0.2) is 9.84 Å². The van der Waals surface area contributed by atoms with Crippen molar-refractivity contribution in [3.8, 4) is 0 Å². The summed E-state index contributed by atoms with van der Waals surface area (Å²) in [6.45, 7) is 8.96. The van der Waals surface area contributed by atoms with Crippen molar-refractivity contribution in [3.63, 3.8) is 0 Å². The Balaban J connectivity index is 1.23. The van der Waals surface area contributed by atoms with Crippen LogP contribution in [0.2, 0.25) is 0 Å². The van der Waals surface area contributed by atoms with Gasteiger partial charge in [0, 0.05) is 12.6 Å². The molecule has 0 aromatic rings. The first kappa shape index (κ1) is 40.9. The van der Waals surface area contributed by atoms with Gasteiger partial charge in [0.25, 0.3) is 5.91 Å². The topological polar surface area (TPSA) is 191 Å². The fourth-order valence-corrected chi connectivity index (χ4v) is 11.4. The van der Waals surface area contributed by atoms with Crippen LogP contribution in [0.4, 0.5) is 4.79 Å². The Bertz CT molecular complexity index is 1580. The van der Waals surface area contributed by atoms with Gasteiger partial charge >= 0.3 is 6.03 Å². The number of urea groups is 1. The fourth-order valence-electron chi connectivity index (χ4n) is 9.74. The molecule has 13 nitrogen and oxygen atoms in total. The highest BCUT2D eigenvalue weighted by molar-refractivity contribution is 7.92. The lowest BCUT2D eigenvalue weighted by Crippen LogP contribution is -2.65. The first-order valence-electron chi connectivity index (χ1n) is 20.7. The molecule has 5 N–H and O–H groups in total. The SMILES string of the molecule is CC1([C@H](NC(=O)NC2(CS(=O)(=O)C(C)(C)CO)CCCCC2)C(=O)N2C[C@H]3[C@@H]([C@H]2C(=O)NC(CCC2CC2)C(=O)C(=O)NC2CC2)C3(C)C)CCCCC1. The lowest BCUT2D eigenvalue weighted by molar-refractivity contribution is -0.146. The molecule has 6 fully saturated rings. The smallest absolute Gasteiger partial charge is 0.315 e. The van der Waals surface area contributed by atoms with Gasteiger partial charge in [-0.05, 0) is 93.8 Å². The van der Waals surface area contributed by atoms with Crippen molar-refractivity contribution in [2.75, 3.05) is 18.9 Å². The van der Waals surface area contributed by atoms with E-state index in [1.165, 1.54) is 13.8 Å². The van der Waals surface area contributed by atoms with E-state index in [0.717, 1.165) is 70.6 Å². The average molecular weight is 776 g/mol. The summed E-state index contributed by atoms with van der Waals surface area (Å²) in [5.74, 6) is -2.01. The van der Waals surface area contributed by atoms with Crippen molar-refractivity contribution in [3.05, 3.63) is 0 Å². The van der Waals surface area contributed by atoms with Crippen LogP contribution in [0, 0.1) is 28.6 Å². The number of amides is 5. The summed E-state index contributed by atoms with van der Waals surface area (Å²) in [4.78, 5) is 71.4. The fraction of sp³-hybridized carbons (Fsp3) is 0.875. The van der Waals surface area contributed by atoms with Crippen molar-refractivity contribution >= 4 is 39.4 Å². The maximum Gasteiger partial charge on any atom is 0.315 e. The monoisotopic (exact) mass is 775 g/mol. The third-order valence-corrected chi connectivity index (χ3v) is 16.9. The zero-order chi connectivity index (χ0) is 39.3. The number of fused-ring (bicyclic) bond motifs is 1. The first-order valence-corrected chi connectivity index (χ1v) is 22.4. The number of carbonyl (C=O) groups is 5. The number of carbonyl (C=O) groups excluding carboxylic acids is 5. The van der Waals surface area contributed by atoms with Gasteiger partial charge in [0.2, 0.25) is 17.6 Å². The summed E-state index contributed by atoms with van der Waals surface area (Å²) in [5, 5.41) is 21.7. The number of nitrogens with zero attached hydrogens (tertiary/aromatic N) is 1. The summed E-state index contributed by atoms with van der Waals surface area (Å²) in [7, 11) is -3.82. The molecule has 0 aromatic carbocycles. The molecule has 1 aliphatic heterocycles. The molecule has 0 radical (unpaired) electrons. The number of nitrogens with one attached hydrogen (secondary N) is 4. The molecule has 0 aromatic heterocycles. The van der Waals surface area contributed by atoms with Crippen LogP contribution in [0.15, 0.2) is 0 Å². The number of hydrogen-bond acceptors (Lipinski definition) is 8. The molecule has 1 unspecified atom stereocenters. The number of hydrogen-bond donors (Lipinski definition) is 5. The maximum absolute atomic E-state index is 15.0. The highest BCUT2D eigenvalue weighted by Gasteiger charge is 2.70. The van der Waals surface area contributed by atoms with Gasteiger partial charge in [-0.15, -0.1) is 0 Å². The molecule has 0 spiro atoms. The van der Waals surface area contributed by atoms with Gasteiger partial charge in [-0.3, -0.25) is 19.2 Å². The minimum atomic E-state index is -3.82. The summed E-state index contributed by atoms with van der Waals surface area (Å²) < 4.78 is 25.7. The van der Waals surface area contributed by atoms with Crippen LogP contribution in [-0.4, -0.2) is 101 Å². The van der Waals surface area contributed by atoms with Crippen molar-refractivity contribution < 1.29 is 37.5 Å². The molecule has 5 saturated carbocycles. The van der Waals surface area contributed by atoms with Crippen molar-refractivity contribution in [1.29, 1.82) is 0 Å². The predicted octanol–water partition coefficient (Wildman–Crippen LogP) is 3.52. The minimum absolute atomic E-state index is 0.00441. The van der Waals surface area contributed by atoms with Crippen molar-refractivity contribution in [2.45, 2.75) is 172 Å². The normalized spacial score (nSPS) is 28.2. The molecule has 5 aliphatic carbocycles. The molecule has 1 heterocycles. The highest BCUT2D eigenvalue weighted by atomic mass is 32.2. The molecular formula is C40H65N5O8S. The molecule has 6 aliphatic rings. The van der Waals surface area contributed by atoms with Crippen LogP contribution in [0.3, 0.4) is 0 Å². The molecule has 0 bridgehead atoms. The molecule has 1 saturated heterocycles. The number of aliphatic hydroxyl groups excluding tert-OH is 1. The number of piperidine rings is 1. The zero-order valence-corrected chi connectivity index (χ0v) is 34.0. The number of aliphatic hydroxyl groups is 1. The van der Waals surface area contributed by atoms with Crippen LogP contribution in [-0.2, 0) is 29.0 Å². The van der Waals surface area contributed by atoms with E-state index in [9.17, 15) is 37.5 Å². The lowest BCUT2D eigenvalue weighted by atomic mass is 9.70. The molecular weight excluding hydrogens is 711 g/mol. The minimum Gasteiger partial charge on any atom is -0.395 e. The molecule has 5 amide bonds. The van der Waals surface area contributed by atoms with E-state index in [1.54, 1.807) is 4.90 Å². The second kappa shape index (κ2) is 15.3. The van der Waals surface area contributed by atoms with Gasteiger partial charge < -0.3 is 31.3 Å². The van der Waals surface area contributed by atoms with Crippen molar-refractivity contribution in [1.82, 2.24) is 26.2 Å². The second-order valence-electron chi connectivity index (χ2n) is 19.3. The summed E-state index contributed by atoms with van der Waals surface area (Å²) in [5.41, 5.74) is -1.86. The molecule has 304 valence electrons. The second-order valence-corrected chi connectivity index (χ2v) is 22.0. The molecule has 6 rings (SSSR count). The van der Waals surface area contributed by atoms with Gasteiger partial charge in [0.05, 0.1) is 28.7 Å². The van der Waals surface area contributed by atoms with Gasteiger partial charge in [-0.1, -0.05) is 72.1 Å². The quantitative estimate of drug-likeness (QED) is 0.147. The molecule has 5 atom stereocenters. The van der Waals surface area contributed by atoms with E-state index in [0.29, 0.717) is 44.6 Å². The van der Waals surface area contributed by atoms with Gasteiger partial charge in [-0.25, -0.2) is 13.2 Å². The van der Waals surface area contributed by atoms with Crippen LogP contribution >= 0.6 is 0 Å².